The highest BCUT2D eigenvalue weighted by atomic mass is 16.5. The average molecular weight is 318 g/mol. The molecule has 1 N–H and O–H groups in total. The summed E-state index contributed by atoms with van der Waals surface area (Å²) in [5, 5.41) is 3.09. The molecule has 6 heteroatoms. The van der Waals surface area contributed by atoms with Crippen molar-refractivity contribution >= 4 is 11.8 Å². The Balaban J connectivity index is 1.61. The minimum absolute atomic E-state index is 0.0228. The van der Waals surface area contributed by atoms with Gasteiger partial charge >= 0.3 is 0 Å². The van der Waals surface area contributed by atoms with Crippen molar-refractivity contribution in [3.63, 3.8) is 0 Å². The zero-order valence-corrected chi connectivity index (χ0v) is 13.3. The second kappa shape index (κ2) is 7.00. The molecule has 1 aromatic rings. The summed E-state index contributed by atoms with van der Waals surface area (Å²) in [4.78, 5) is 26.2. The van der Waals surface area contributed by atoms with Gasteiger partial charge in [-0.15, -0.1) is 0 Å². The van der Waals surface area contributed by atoms with E-state index in [0.29, 0.717) is 26.3 Å². The van der Waals surface area contributed by atoms with Gasteiger partial charge in [0.25, 0.3) is 0 Å². The highest BCUT2D eigenvalue weighted by Gasteiger charge is 2.35. The van der Waals surface area contributed by atoms with Crippen LogP contribution in [0.3, 0.4) is 0 Å². The largest absolute Gasteiger partial charge is 0.493 e. The Morgan fingerprint density at radius 2 is 2.26 bits per heavy atom. The summed E-state index contributed by atoms with van der Waals surface area (Å²) < 4.78 is 10.6. The number of benzene rings is 1. The van der Waals surface area contributed by atoms with Crippen molar-refractivity contribution in [3.8, 4) is 5.75 Å². The lowest BCUT2D eigenvalue weighted by atomic mass is 9.99. The summed E-state index contributed by atoms with van der Waals surface area (Å²) in [6.45, 7) is 2.09. The van der Waals surface area contributed by atoms with Crippen LogP contribution in [0.2, 0.25) is 0 Å². The smallest absolute Gasteiger partial charge is 0.225 e. The van der Waals surface area contributed by atoms with Gasteiger partial charge in [0.1, 0.15) is 5.75 Å². The maximum atomic E-state index is 12.5. The number of carbonyl (C=O) groups excluding carboxylic acids is 2. The Hall–Kier alpha value is -2.08. The summed E-state index contributed by atoms with van der Waals surface area (Å²) in [5.41, 5.74) is 1.01. The number of nitrogens with zero attached hydrogens (tertiary/aromatic N) is 1. The first-order valence-electron chi connectivity index (χ1n) is 7.98. The number of hydrogen-bond donors (Lipinski definition) is 1. The second-order valence-corrected chi connectivity index (χ2v) is 5.97. The molecule has 2 aliphatic heterocycles. The third-order valence-electron chi connectivity index (χ3n) is 4.43. The monoisotopic (exact) mass is 318 g/mol. The number of carbonyl (C=O) groups is 2. The van der Waals surface area contributed by atoms with Crippen LogP contribution in [0.25, 0.3) is 0 Å². The summed E-state index contributed by atoms with van der Waals surface area (Å²) in [5.74, 6) is 0.511. The van der Waals surface area contributed by atoms with Crippen LogP contribution >= 0.6 is 0 Å². The normalized spacial score (nSPS) is 23.3. The molecule has 0 unspecified atom stereocenters. The molecule has 0 radical (unpaired) electrons. The van der Waals surface area contributed by atoms with Crippen LogP contribution < -0.4 is 10.1 Å². The molecule has 0 bridgehead atoms. The van der Waals surface area contributed by atoms with E-state index in [1.165, 1.54) is 0 Å². The highest BCUT2D eigenvalue weighted by Crippen LogP contribution is 2.32. The van der Waals surface area contributed by atoms with E-state index >= 15 is 0 Å². The molecule has 2 atom stereocenters. The topological polar surface area (TPSA) is 67.9 Å². The zero-order chi connectivity index (χ0) is 16.2. The second-order valence-electron chi connectivity index (χ2n) is 5.97. The van der Waals surface area contributed by atoms with E-state index in [2.05, 4.69) is 5.32 Å². The zero-order valence-electron chi connectivity index (χ0n) is 13.3. The lowest BCUT2D eigenvalue weighted by Gasteiger charge is -2.27. The number of ether oxygens (including phenoxy) is 2. The third-order valence-corrected chi connectivity index (χ3v) is 4.43. The van der Waals surface area contributed by atoms with E-state index in [4.69, 9.17) is 9.47 Å². The maximum Gasteiger partial charge on any atom is 0.225 e. The molecule has 1 saturated heterocycles. The number of hydrogen-bond acceptors (Lipinski definition) is 4. The predicted octanol–water partition coefficient (Wildman–Crippen LogP) is 1.12. The first-order valence-corrected chi connectivity index (χ1v) is 7.98. The highest BCUT2D eigenvalue weighted by molar-refractivity contribution is 5.89. The Morgan fingerprint density at radius 3 is 3.09 bits per heavy atom. The Labute approximate surface area is 135 Å². The summed E-state index contributed by atoms with van der Waals surface area (Å²) in [6, 6.07) is 7.71. The first-order chi connectivity index (χ1) is 11.2. The number of likely N-dealkylation sites (tertiary alicyclic amines) is 1. The average Bonchev–Trinajstić information content (AvgIpc) is 2.94. The fraction of sp³-hybridized carbons (Fsp3) is 0.529. The number of para-hydroxylation sites is 1. The fourth-order valence-corrected chi connectivity index (χ4v) is 3.15. The number of rotatable bonds is 5. The molecule has 2 amide bonds. The van der Waals surface area contributed by atoms with Gasteiger partial charge in [-0.25, -0.2) is 0 Å². The number of amides is 2. The van der Waals surface area contributed by atoms with E-state index < -0.39 is 0 Å². The minimum Gasteiger partial charge on any atom is -0.493 e. The van der Waals surface area contributed by atoms with Crippen LogP contribution in [0.1, 0.15) is 24.4 Å². The molecular formula is C17H22N2O4. The number of nitrogens with one attached hydrogen (secondary N) is 1. The molecule has 23 heavy (non-hydrogen) atoms. The van der Waals surface area contributed by atoms with Gasteiger partial charge in [-0.1, -0.05) is 18.2 Å². The lowest BCUT2D eigenvalue weighted by Crippen LogP contribution is -2.37. The van der Waals surface area contributed by atoms with Crippen LogP contribution in [-0.2, 0) is 14.3 Å². The molecule has 1 fully saturated rings. The molecule has 0 aromatic heterocycles. The molecule has 2 aliphatic rings. The SMILES string of the molecule is COCCN1C[C@@H](C(=O)N[C@@H]2CCOc3ccccc32)CC1=O. The van der Waals surface area contributed by atoms with Gasteiger partial charge in [0.15, 0.2) is 0 Å². The Morgan fingerprint density at radius 1 is 1.43 bits per heavy atom. The fourth-order valence-electron chi connectivity index (χ4n) is 3.15. The van der Waals surface area contributed by atoms with E-state index in [-0.39, 0.29) is 30.2 Å². The van der Waals surface area contributed by atoms with Crippen LogP contribution in [-0.4, -0.2) is 50.1 Å². The molecule has 2 heterocycles. The predicted molar refractivity (Wildman–Crippen MR) is 84.0 cm³/mol. The lowest BCUT2D eigenvalue weighted by molar-refractivity contribution is -0.129. The van der Waals surface area contributed by atoms with E-state index in [9.17, 15) is 9.59 Å². The maximum absolute atomic E-state index is 12.5. The van der Waals surface area contributed by atoms with Crippen molar-refractivity contribution in [3.05, 3.63) is 29.8 Å². The minimum atomic E-state index is -0.283. The number of fused-ring (bicyclic) bond motifs is 1. The molecular weight excluding hydrogens is 296 g/mol. The summed E-state index contributed by atoms with van der Waals surface area (Å²) in [7, 11) is 1.60. The van der Waals surface area contributed by atoms with Gasteiger partial charge in [-0.3, -0.25) is 9.59 Å². The molecule has 0 spiro atoms. The van der Waals surface area contributed by atoms with E-state index in [0.717, 1.165) is 17.7 Å². The van der Waals surface area contributed by atoms with Crippen LogP contribution in [0.5, 0.6) is 5.75 Å². The Kier molecular flexibility index (Phi) is 4.81. The van der Waals surface area contributed by atoms with Gasteiger partial charge in [0, 0.05) is 38.6 Å². The van der Waals surface area contributed by atoms with Crippen LogP contribution in [0.15, 0.2) is 24.3 Å². The van der Waals surface area contributed by atoms with Gasteiger partial charge in [0.05, 0.1) is 25.2 Å². The van der Waals surface area contributed by atoms with Crippen molar-refractivity contribution in [1.29, 1.82) is 0 Å². The van der Waals surface area contributed by atoms with Crippen molar-refractivity contribution in [2.75, 3.05) is 33.4 Å². The van der Waals surface area contributed by atoms with Crippen molar-refractivity contribution < 1.29 is 19.1 Å². The van der Waals surface area contributed by atoms with Crippen molar-refractivity contribution in [1.82, 2.24) is 10.2 Å². The number of methoxy groups -OCH3 is 1. The molecule has 0 aliphatic carbocycles. The first kappa shape index (κ1) is 15.8. The molecule has 1 aromatic carbocycles. The molecule has 124 valence electrons. The van der Waals surface area contributed by atoms with Gasteiger partial charge in [-0.05, 0) is 6.07 Å². The summed E-state index contributed by atoms with van der Waals surface area (Å²) in [6.07, 6.45) is 1.03. The van der Waals surface area contributed by atoms with E-state index in [1.807, 2.05) is 24.3 Å². The molecule has 3 rings (SSSR count). The standard InChI is InChI=1S/C17H22N2O4/c1-22-9-7-19-11-12(10-16(19)20)17(21)18-14-6-8-23-15-5-3-2-4-13(14)15/h2-5,12,14H,6-11H2,1H3,(H,18,21)/t12-,14+/m0/s1. The third kappa shape index (κ3) is 3.47. The van der Waals surface area contributed by atoms with Gasteiger partial charge in [-0.2, -0.15) is 0 Å². The van der Waals surface area contributed by atoms with Crippen LogP contribution in [0.4, 0.5) is 0 Å². The molecule has 6 nitrogen and oxygen atoms in total. The molecule has 0 saturated carbocycles. The summed E-state index contributed by atoms with van der Waals surface area (Å²) >= 11 is 0. The van der Waals surface area contributed by atoms with Crippen LogP contribution in [0, 0.1) is 5.92 Å². The van der Waals surface area contributed by atoms with Crippen molar-refractivity contribution in [2.24, 2.45) is 5.92 Å². The Bertz CT molecular complexity index is 590. The van der Waals surface area contributed by atoms with E-state index in [1.54, 1.807) is 12.0 Å². The quantitative estimate of drug-likeness (QED) is 0.883. The van der Waals surface area contributed by atoms with Gasteiger partial charge < -0.3 is 19.7 Å². The van der Waals surface area contributed by atoms with Crippen molar-refractivity contribution in [2.45, 2.75) is 18.9 Å². The van der Waals surface area contributed by atoms with Gasteiger partial charge in [0.2, 0.25) is 11.8 Å².